The first-order valence-electron chi connectivity index (χ1n) is 10.3. The van der Waals surface area contributed by atoms with Gasteiger partial charge in [0.2, 0.25) is 0 Å². The molecule has 0 radical (unpaired) electrons. The van der Waals surface area contributed by atoms with E-state index in [9.17, 15) is 4.79 Å². The van der Waals surface area contributed by atoms with Crippen LogP contribution in [0.4, 0.5) is 0 Å². The summed E-state index contributed by atoms with van der Waals surface area (Å²) in [5, 5.41) is 0. The van der Waals surface area contributed by atoms with Crippen LogP contribution in [0.3, 0.4) is 0 Å². The number of aromatic nitrogens is 2. The van der Waals surface area contributed by atoms with Gasteiger partial charge in [0.25, 0.3) is 0 Å². The highest BCUT2D eigenvalue weighted by atomic mass is 16.5. The predicted molar refractivity (Wildman–Crippen MR) is 116 cm³/mol. The van der Waals surface area contributed by atoms with Gasteiger partial charge in [0, 0.05) is 24.6 Å². The Balaban J connectivity index is 1.49. The number of nitrogens with zero attached hydrogens (tertiary/aromatic N) is 3. The SMILES string of the molecule is COc1ccc(C(=O)[C@H]2CCCN(Cc3nc4ccccc4nc3C)C2)cc1OC. The molecule has 0 amide bonds. The van der Waals surface area contributed by atoms with E-state index < -0.39 is 0 Å². The summed E-state index contributed by atoms with van der Waals surface area (Å²) in [6.07, 6.45) is 1.88. The first-order valence-corrected chi connectivity index (χ1v) is 10.3. The lowest BCUT2D eigenvalue weighted by Crippen LogP contribution is -2.38. The Kier molecular flexibility index (Phi) is 5.95. The molecule has 2 aromatic carbocycles. The van der Waals surface area contributed by atoms with Gasteiger partial charge in [-0.1, -0.05) is 12.1 Å². The minimum Gasteiger partial charge on any atom is -0.493 e. The molecule has 0 saturated carbocycles. The van der Waals surface area contributed by atoms with E-state index in [1.54, 1.807) is 26.4 Å². The summed E-state index contributed by atoms with van der Waals surface area (Å²) in [6, 6.07) is 13.3. The van der Waals surface area contributed by atoms with Gasteiger partial charge in [-0.05, 0) is 56.6 Å². The van der Waals surface area contributed by atoms with Crippen molar-refractivity contribution >= 4 is 16.8 Å². The number of carbonyl (C=O) groups is 1. The topological polar surface area (TPSA) is 64.5 Å². The summed E-state index contributed by atoms with van der Waals surface area (Å²) in [4.78, 5) is 25.0. The molecule has 0 bridgehead atoms. The molecule has 1 fully saturated rings. The number of piperidine rings is 1. The highest BCUT2D eigenvalue weighted by Crippen LogP contribution is 2.30. The maximum Gasteiger partial charge on any atom is 0.167 e. The second kappa shape index (κ2) is 8.79. The van der Waals surface area contributed by atoms with E-state index in [4.69, 9.17) is 19.4 Å². The molecule has 6 heteroatoms. The zero-order valence-corrected chi connectivity index (χ0v) is 17.7. The third-order valence-electron chi connectivity index (χ3n) is 5.76. The van der Waals surface area contributed by atoms with E-state index in [0.29, 0.717) is 23.6 Å². The summed E-state index contributed by atoms with van der Waals surface area (Å²) in [5.74, 6) is 1.33. The molecule has 2 heterocycles. The number of benzene rings is 2. The molecule has 1 saturated heterocycles. The molecular weight excluding hydrogens is 378 g/mol. The summed E-state index contributed by atoms with van der Waals surface area (Å²) in [7, 11) is 3.18. The molecule has 3 aromatic rings. The Morgan fingerprint density at radius 1 is 1.07 bits per heavy atom. The number of rotatable bonds is 6. The standard InChI is InChI=1S/C24H27N3O3/c1-16-21(26-20-9-5-4-8-19(20)25-16)15-27-12-6-7-18(14-27)24(28)17-10-11-22(29-2)23(13-17)30-3/h4-5,8-11,13,18H,6-7,12,14-15H2,1-3H3/t18-/m0/s1. The monoisotopic (exact) mass is 405 g/mol. The number of fused-ring (bicyclic) bond motifs is 1. The van der Waals surface area contributed by atoms with Gasteiger partial charge in [-0.15, -0.1) is 0 Å². The molecular formula is C24H27N3O3. The van der Waals surface area contributed by atoms with Crippen molar-refractivity contribution in [3.8, 4) is 11.5 Å². The fourth-order valence-corrected chi connectivity index (χ4v) is 4.12. The lowest BCUT2D eigenvalue weighted by molar-refractivity contribution is 0.0809. The average Bonchev–Trinajstić information content (AvgIpc) is 2.78. The lowest BCUT2D eigenvalue weighted by atomic mass is 9.89. The number of Topliss-reactive ketones (excluding diaryl/α,β-unsaturated/α-hetero) is 1. The van der Waals surface area contributed by atoms with Crippen LogP contribution in [0.15, 0.2) is 42.5 Å². The minimum atomic E-state index is -0.0365. The summed E-state index contributed by atoms with van der Waals surface area (Å²) in [5.41, 5.74) is 4.42. The second-order valence-corrected chi connectivity index (χ2v) is 7.75. The Hall–Kier alpha value is -2.99. The van der Waals surface area contributed by atoms with Crippen LogP contribution in [0.1, 0.15) is 34.6 Å². The number of likely N-dealkylation sites (tertiary alicyclic amines) is 1. The van der Waals surface area contributed by atoms with Gasteiger partial charge in [0.1, 0.15) is 0 Å². The van der Waals surface area contributed by atoms with E-state index in [0.717, 1.165) is 48.4 Å². The predicted octanol–water partition coefficient (Wildman–Crippen LogP) is 4.05. The maximum absolute atomic E-state index is 13.2. The van der Waals surface area contributed by atoms with Crippen LogP contribution in [0, 0.1) is 12.8 Å². The fraction of sp³-hybridized carbons (Fsp3) is 0.375. The van der Waals surface area contributed by atoms with Gasteiger partial charge in [0.15, 0.2) is 17.3 Å². The molecule has 1 aliphatic heterocycles. The quantitative estimate of drug-likeness (QED) is 0.577. The van der Waals surface area contributed by atoms with Crippen LogP contribution >= 0.6 is 0 Å². The zero-order valence-electron chi connectivity index (χ0n) is 17.7. The van der Waals surface area contributed by atoms with Crippen molar-refractivity contribution in [3.63, 3.8) is 0 Å². The molecule has 30 heavy (non-hydrogen) atoms. The summed E-state index contributed by atoms with van der Waals surface area (Å²) >= 11 is 0. The molecule has 1 aliphatic rings. The van der Waals surface area contributed by atoms with E-state index in [1.807, 2.05) is 37.3 Å². The first kappa shape index (κ1) is 20.3. The lowest BCUT2D eigenvalue weighted by Gasteiger charge is -2.32. The maximum atomic E-state index is 13.2. The van der Waals surface area contributed by atoms with Crippen LogP contribution in [-0.4, -0.2) is 48.0 Å². The van der Waals surface area contributed by atoms with Gasteiger partial charge in [-0.2, -0.15) is 0 Å². The van der Waals surface area contributed by atoms with Crippen LogP contribution in [0.25, 0.3) is 11.0 Å². The first-order chi connectivity index (χ1) is 14.6. The number of hydrogen-bond acceptors (Lipinski definition) is 6. The molecule has 1 aromatic heterocycles. The van der Waals surface area contributed by atoms with E-state index >= 15 is 0 Å². The second-order valence-electron chi connectivity index (χ2n) is 7.75. The van der Waals surface area contributed by atoms with Gasteiger partial charge in [-0.3, -0.25) is 9.69 Å². The van der Waals surface area contributed by atoms with Crippen LogP contribution < -0.4 is 9.47 Å². The van der Waals surface area contributed by atoms with Gasteiger partial charge in [0.05, 0.1) is 36.6 Å². The van der Waals surface area contributed by atoms with Crippen LogP contribution in [-0.2, 0) is 6.54 Å². The number of ether oxygens (including phenoxy) is 2. The molecule has 6 nitrogen and oxygen atoms in total. The van der Waals surface area contributed by atoms with E-state index in [2.05, 4.69) is 4.90 Å². The van der Waals surface area contributed by atoms with Crippen molar-refractivity contribution < 1.29 is 14.3 Å². The van der Waals surface area contributed by atoms with Crippen molar-refractivity contribution in [2.75, 3.05) is 27.3 Å². The van der Waals surface area contributed by atoms with Crippen molar-refractivity contribution in [1.29, 1.82) is 0 Å². The Bertz CT molecular complexity index is 1070. The number of carbonyl (C=O) groups excluding carboxylic acids is 1. The van der Waals surface area contributed by atoms with Gasteiger partial charge in [-0.25, -0.2) is 9.97 Å². The fourth-order valence-electron chi connectivity index (χ4n) is 4.12. The van der Waals surface area contributed by atoms with E-state index in [-0.39, 0.29) is 11.7 Å². The normalized spacial score (nSPS) is 17.1. The third-order valence-corrected chi connectivity index (χ3v) is 5.76. The number of para-hydroxylation sites is 2. The Morgan fingerprint density at radius 2 is 1.80 bits per heavy atom. The molecule has 4 rings (SSSR count). The zero-order chi connectivity index (χ0) is 21.1. The average molecular weight is 405 g/mol. The summed E-state index contributed by atoms with van der Waals surface area (Å²) in [6.45, 7) is 4.40. The van der Waals surface area contributed by atoms with E-state index in [1.165, 1.54) is 0 Å². The molecule has 0 N–H and O–H groups in total. The summed E-state index contributed by atoms with van der Waals surface area (Å²) < 4.78 is 10.6. The molecule has 0 aliphatic carbocycles. The van der Waals surface area contributed by atoms with Gasteiger partial charge < -0.3 is 9.47 Å². The number of aryl methyl sites for hydroxylation is 1. The Morgan fingerprint density at radius 3 is 2.53 bits per heavy atom. The molecule has 156 valence electrons. The van der Waals surface area contributed by atoms with Crippen molar-refractivity contribution in [2.45, 2.75) is 26.3 Å². The highest BCUT2D eigenvalue weighted by molar-refractivity contribution is 5.98. The highest BCUT2D eigenvalue weighted by Gasteiger charge is 2.28. The minimum absolute atomic E-state index is 0.0365. The largest absolute Gasteiger partial charge is 0.493 e. The number of ketones is 1. The number of hydrogen-bond donors (Lipinski definition) is 0. The van der Waals surface area contributed by atoms with Crippen LogP contribution in [0.5, 0.6) is 11.5 Å². The molecule has 0 unspecified atom stereocenters. The van der Waals surface area contributed by atoms with Crippen molar-refractivity contribution in [1.82, 2.24) is 14.9 Å². The van der Waals surface area contributed by atoms with Crippen molar-refractivity contribution in [3.05, 3.63) is 59.4 Å². The Labute approximate surface area is 176 Å². The smallest absolute Gasteiger partial charge is 0.167 e. The number of methoxy groups -OCH3 is 2. The van der Waals surface area contributed by atoms with Crippen LogP contribution in [0.2, 0.25) is 0 Å². The third kappa shape index (κ3) is 4.14. The molecule has 0 spiro atoms. The van der Waals surface area contributed by atoms with Crippen molar-refractivity contribution in [2.24, 2.45) is 5.92 Å². The molecule has 1 atom stereocenters. The van der Waals surface area contributed by atoms with Gasteiger partial charge >= 0.3 is 0 Å².